The van der Waals surface area contributed by atoms with Gasteiger partial charge in [-0.15, -0.1) is 11.8 Å². The second kappa shape index (κ2) is 7.77. The summed E-state index contributed by atoms with van der Waals surface area (Å²) in [6, 6.07) is 9.99. The van der Waals surface area contributed by atoms with Gasteiger partial charge in [0.05, 0.1) is 33.2 Å². The first-order chi connectivity index (χ1) is 11.7. The van der Waals surface area contributed by atoms with E-state index in [-0.39, 0.29) is 5.91 Å². The lowest BCUT2D eigenvalue weighted by atomic mass is 10.1. The molecular formula is C18H21NO4S. The molecule has 0 N–H and O–H groups in total. The summed E-state index contributed by atoms with van der Waals surface area (Å²) in [6.07, 6.45) is 0. The van der Waals surface area contributed by atoms with Crippen molar-refractivity contribution in [3.8, 4) is 11.5 Å². The molecule has 0 atom stereocenters. The Morgan fingerprint density at radius 2 is 1.88 bits per heavy atom. The summed E-state index contributed by atoms with van der Waals surface area (Å²) in [5.41, 5.74) is 0. The summed E-state index contributed by atoms with van der Waals surface area (Å²) in [5.74, 6) is 1.97. The molecule has 2 aromatic rings. The molecule has 24 heavy (non-hydrogen) atoms. The molecule has 6 heteroatoms. The largest absolute Gasteiger partial charge is 0.493 e. The fraction of sp³-hybridized carbons (Fsp3) is 0.389. The van der Waals surface area contributed by atoms with E-state index in [1.165, 1.54) is 0 Å². The molecule has 0 saturated carbocycles. The van der Waals surface area contributed by atoms with Crippen LogP contribution in [0, 0.1) is 0 Å². The van der Waals surface area contributed by atoms with Gasteiger partial charge in [0, 0.05) is 18.0 Å². The third kappa shape index (κ3) is 3.60. The van der Waals surface area contributed by atoms with Crippen molar-refractivity contribution < 1.29 is 19.0 Å². The van der Waals surface area contributed by atoms with Gasteiger partial charge in [0.1, 0.15) is 0 Å². The molecule has 1 aliphatic rings. The fourth-order valence-electron chi connectivity index (χ4n) is 2.74. The van der Waals surface area contributed by atoms with Crippen molar-refractivity contribution >= 4 is 28.4 Å². The third-order valence-corrected chi connectivity index (χ3v) is 5.12. The quantitative estimate of drug-likeness (QED) is 0.779. The van der Waals surface area contributed by atoms with Gasteiger partial charge in [-0.3, -0.25) is 4.79 Å². The summed E-state index contributed by atoms with van der Waals surface area (Å²) >= 11 is 1.56. The van der Waals surface area contributed by atoms with Crippen LogP contribution in [0.2, 0.25) is 0 Å². The highest BCUT2D eigenvalue weighted by atomic mass is 32.2. The molecule has 1 amide bonds. The Kier molecular flexibility index (Phi) is 5.48. The summed E-state index contributed by atoms with van der Waals surface area (Å²) in [7, 11) is 3.25. The van der Waals surface area contributed by atoms with Crippen molar-refractivity contribution in [3.05, 3.63) is 30.3 Å². The van der Waals surface area contributed by atoms with Crippen molar-refractivity contribution in [2.45, 2.75) is 4.90 Å². The van der Waals surface area contributed by atoms with Crippen LogP contribution in [0.1, 0.15) is 0 Å². The van der Waals surface area contributed by atoms with Gasteiger partial charge in [0.2, 0.25) is 5.91 Å². The lowest BCUT2D eigenvalue weighted by Gasteiger charge is -2.26. The number of fused-ring (bicyclic) bond motifs is 1. The van der Waals surface area contributed by atoms with E-state index in [2.05, 4.69) is 0 Å². The van der Waals surface area contributed by atoms with Crippen LogP contribution in [0.3, 0.4) is 0 Å². The van der Waals surface area contributed by atoms with Gasteiger partial charge in [-0.25, -0.2) is 0 Å². The molecule has 3 rings (SSSR count). The SMILES string of the molecule is COc1cc2cccc(SCC(=O)N3CCOCC3)c2cc1OC. The number of methoxy groups -OCH3 is 2. The Bertz CT molecular complexity index is 728. The van der Waals surface area contributed by atoms with Gasteiger partial charge in [0.25, 0.3) is 0 Å². The van der Waals surface area contributed by atoms with Crippen LogP contribution < -0.4 is 9.47 Å². The van der Waals surface area contributed by atoms with Gasteiger partial charge >= 0.3 is 0 Å². The number of carbonyl (C=O) groups is 1. The zero-order valence-corrected chi connectivity index (χ0v) is 14.7. The minimum absolute atomic E-state index is 0.153. The smallest absolute Gasteiger partial charge is 0.233 e. The molecule has 0 aliphatic carbocycles. The lowest BCUT2D eigenvalue weighted by Crippen LogP contribution is -2.41. The van der Waals surface area contributed by atoms with Crippen molar-refractivity contribution in [2.75, 3.05) is 46.3 Å². The Labute approximate surface area is 145 Å². The summed E-state index contributed by atoms with van der Waals surface area (Å²) in [5, 5.41) is 2.13. The third-order valence-electron chi connectivity index (χ3n) is 4.06. The first-order valence-electron chi connectivity index (χ1n) is 7.86. The first-order valence-corrected chi connectivity index (χ1v) is 8.84. The number of benzene rings is 2. The van der Waals surface area contributed by atoms with E-state index in [9.17, 15) is 4.79 Å². The normalized spacial score (nSPS) is 14.7. The monoisotopic (exact) mass is 347 g/mol. The Balaban J connectivity index is 1.80. The van der Waals surface area contributed by atoms with E-state index in [1.807, 2.05) is 35.2 Å². The lowest BCUT2D eigenvalue weighted by molar-refractivity contribution is -0.132. The number of rotatable bonds is 5. The molecule has 5 nitrogen and oxygen atoms in total. The Hall–Kier alpha value is -1.92. The topological polar surface area (TPSA) is 48.0 Å². The first kappa shape index (κ1) is 16.9. The van der Waals surface area contributed by atoms with Gasteiger partial charge in [0.15, 0.2) is 11.5 Å². The minimum Gasteiger partial charge on any atom is -0.493 e. The molecule has 128 valence electrons. The Morgan fingerprint density at radius 3 is 2.58 bits per heavy atom. The fourth-order valence-corrected chi connectivity index (χ4v) is 3.71. The van der Waals surface area contributed by atoms with Crippen molar-refractivity contribution in [3.63, 3.8) is 0 Å². The average molecular weight is 347 g/mol. The molecule has 1 fully saturated rings. The van der Waals surface area contributed by atoms with Crippen LogP contribution in [-0.4, -0.2) is 57.1 Å². The molecule has 1 saturated heterocycles. The minimum atomic E-state index is 0.153. The Morgan fingerprint density at radius 1 is 1.17 bits per heavy atom. The van der Waals surface area contributed by atoms with Crippen LogP contribution in [0.25, 0.3) is 10.8 Å². The van der Waals surface area contributed by atoms with Crippen LogP contribution in [0.15, 0.2) is 35.2 Å². The molecule has 0 bridgehead atoms. The highest BCUT2D eigenvalue weighted by Gasteiger charge is 2.17. The van der Waals surface area contributed by atoms with Crippen LogP contribution in [0.5, 0.6) is 11.5 Å². The number of hydrogen-bond donors (Lipinski definition) is 0. The number of ether oxygens (including phenoxy) is 3. The standard InChI is InChI=1S/C18H21NO4S/c1-21-15-10-13-4-3-5-17(14(13)11-16(15)22-2)24-12-18(20)19-6-8-23-9-7-19/h3-5,10-11H,6-9,12H2,1-2H3. The zero-order chi connectivity index (χ0) is 16.9. The van der Waals surface area contributed by atoms with Crippen LogP contribution in [-0.2, 0) is 9.53 Å². The number of nitrogens with zero attached hydrogens (tertiary/aromatic N) is 1. The van der Waals surface area contributed by atoms with Gasteiger partial charge < -0.3 is 19.1 Å². The van der Waals surface area contributed by atoms with E-state index in [4.69, 9.17) is 14.2 Å². The van der Waals surface area contributed by atoms with Crippen molar-refractivity contribution in [1.29, 1.82) is 0 Å². The van der Waals surface area contributed by atoms with E-state index in [0.29, 0.717) is 43.6 Å². The number of hydrogen-bond acceptors (Lipinski definition) is 5. The molecule has 1 aliphatic heterocycles. The average Bonchev–Trinajstić information content (AvgIpc) is 2.65. The van der Waals surface area contributed by atoms with E-state index >= 15 is 0 Å². The molecule has 0 spiro atoms. The van der Waals surface area contributed by atoms with E-state index in [0.717, 1.165) is 15.7 Å². The van der Waals surface area contributed by atoms with Gasteiger partial charge in [-0.05, 0) is 29.0 Å². The number of thioether (sulfide) groups is 1. The second-order valence-electron chi connectivity index (χ2n) is 5.47. The van der Waals surface area contributed by atoms with E-state index < -0.39 is 0 Å². The zero-order valence-electron chi connectivity index (χ0n) is 13.9. The molecule has 0 radical (unpaired) electrons. The van der Waals surface area contributed by atoms with Gasteiger partial charge in [-0.1, -0.05) is 12.1 Å². The van der Waals surface area contributed by atoms with Crippen LogP contribution in [0.4, 0.5) is 0 Å². The summed E-state index contributed by atoms with van der Waals surface area (Å²) in [6.45, 7) is 2.61. The molecule has 1 heterocycles. The molecule has 0 aromatic heterocycles. The maximum absolute atomic E-state index is 12.3. The number of morpholine rings is 1. The number of carbonyl (C=O) groups excluding carboxylic acids is 1. The maximum Gasteiger partial charge on any atom is 0.233 e. The highest BCUT2D eigenvalue weighted by Crippen LogP contribution is 2.36. The summed E-state index contributed by atoms with van der Waals surface area (Å²) < 4.78 is 16.0. The molecule has 2 aromatic carbocycles. The molecule has 0 unspecified atom stereocenters. The highest BCUT2D eigenvalue weighted by molar-refractivity contribution is 8.00. The van der Waals surface area contributed by atoms with E-state index in [1.54, 1.807) is 26.0 Å². The second-order valence-corrected chi connectivity index (χ2v) is 6.48. The predicted molar refractivity (Wildman–Crippen MR) is 95.2 cm³/mol. The number of amides is 1. The van der Waals surface area contributed by atoms with Crippen molar-refractivity contribution in [2.24, 2.45) is 0 Å². The van der Waals surface area contributed by atoms with Crippen LogP contribution >= 0.6 is 11.8 Å². The van der Waals surface area contributed by atoms with Gasteiger partial charge in [-0.2, -0.15) is 0 Å². The predicted octanol–water partition coefficient (Wildman–Crippen LogP) is 2.81. The van der Waals surface area contributed by atoms with Crippen molar-refractivity contribution in [1.82, 2.24) is 4.90 Å². The molecular weight excluding hydrogens is 326 g/mol. The summed E-state index contributed by atoms with van der Waals surface area (Å²) in [4.78, 5) is 15.3. The maximum atomic E-state index is 12.3.